The van der Waals surface area contributed by atoms with Crippen molar-refractivity contribution in [2.45, 2.75) is 19.9 Å². The van der Waals surface area contributed by atoms with E-state index < -0.39 is 0 Å². The number of benzene rings is 2. The van der Waals surface area contributed by atoms with Gasteiger partial charge in [0.25, 0.3) is 0 Å². The van der Waals surface area contributed by atoms with Gasteiger partial charge in [0.1, 0.15) is 0 Å². The summed E-state index contributed by atoms with van der Waals surface area (Å²) in [4.78, 5) is 17.9. The van der Waals surface area contributed by atoms with Crippen LogP contribution in [0.25, 0.3) is 16.2 Å². The van der Waals surface area contributed by atoms with Crippen LogP contribution in [-0.2, 0) is 17.8 Å². The molecule has 0 unspecified atom stereocenters. The number of carbonyl (C=O) groups excluding carboxylic acids is 1. The summed E-state index contributed by atoms with van der Waals surface area (Å²) in [6, 6.07) is 15.8. The zero-order valence-electron chi connectivity index (χ0n) is 14.8. The summed E-state index contributed by atoms with van der Waals surface area (Å²) in [6.45, 7) is 2.58. The van der Waals surface area contributed by atoms with Crippen LogP contribution in [0, 0.1) is 6.92 Å². The lowest BCUT2D eigenvalue weighted by atomic mass is 10.1. The molecule has 27 heavy (non-hydrogen) atoms. The van der Waals surface area contributed by atoms with Crippen molar-refractivity contribution in [3.05, 3.63) is 82.0 Å². The van der Waals surface area contributed by atoms with E-state index >= 15 is 0 Å². The Hall–Kier alpha value is -2.63. The Kier molecular flexibility index (Phi) is 4.97. The van der Waals surface area contributed by atoms with E-state index in [4.69, 9.17) is 11.6 Å². The number of halogens is 1. The maximum Gasteiger partial charge on any atom is 0.226 e. The Morgan fingerprint density at radius 2 is 2.04 bits per heavy atom. The van der Waals surface area contributed by atoms with Crippen LogP contribution in [-0.4, -0.2) is 15.3 Å². The van der Waals surface area contributed by atoms with E-state index in [2.05, 4.69) is 10.3 Å². The average Bonchev–Trinajstić information content (AvgIpc) is 3.23. The third kappa shape index (κ3) is 4.04. The number of aryl methyl sites for hydroxylation is 1. The summed E-state index contributed by atoms with van der Waals surface area (Å²) in [6.07, 6.45) is 2.28. The van der Waals surface area contributed by atoms with Gasteiger partial charge in [0.15, 0.2) is 4.96 Å². The van der Waals surface area contributed by atoms with Crippen molar-refractivity contribution >= 4 is 33.8 Å². The Morgan fingerprint density at radius 3 is 2.81 bits per heavy atom. The van der Waals surface area contributed by atoms with E-state index in [0.29, 0.717) is 18.0 Å². The van der Waals surface area contributed by atoms with Gasteiger partial charge in [0.2, 0.25) is 5.91 Å². The molecule has 0 saturated heterocycles. The predicted octanol–water partition coefficient (Wildman–Crippen LogP) is 4.88. The second-order valence-electron chi connectivity index (χ2n) is 6.46. The van der Waals surface area contributed by atoms with E-state index in [9.17, 15) is 4.79 Å². The van der Waals surface area contributed by atoms with Crippen LogP contribution < -0.4 is 5.32 Å². The number of hydrogen-bond donors (Lipinski definition) is 1. The number of imidazole rings is 1. The third-order valence-electron chi connectivity index (χ3n) is 4.36. The number of carbonyl (C=O) groups is 1. The number of hydrogen-bond acceptors (Lipinski definition) is 3. The van der Waals surface area contributed by atoms with Crippen molar-refractivity contribution in [3.63, 3.8) is 0 Å². The van der Waals surface area contributed by atoms with Crippen LogP contribution >= 0.6 is 22.9 Å². The van der Waals surface area contributed by atoms with Gasteiger partial charge in [0, 0.05) is 34.4 Å². The predicted molar refractivity (Wildman–Crippen MR) is 110 cm³/mol. The topological polar surface area (TPSA) is 46.4 Å². The highest BCUT2D eigenvalue weighted by atomic mass is 35.5. The molecule has 1 amide bonds. The van der Waals surface area contributed by atoms with Crippen molar-refractivity contribution in [3.8, 4) is 11.3 Å². The summed E-state index contributed by atoms with van der Waals surface area (Å²) in [5, 5.41) is 5.64. The summed E-state index contributed by atoms with van der Waals surface area (Å²) in [7, 11) is 0. The molecule has 2 aromatic carbocycles. The van der Waals surface area contributed by atoms with E-state index in [-0.39, 0.29) is 5.91 Å². The molecule has 0 bridgehead atoms. The summed E-state index contributed by atoms with van der Waals surface area (Å²) in [5.41, 5.74) is 5.05. The summed E-state index contributed by atoms with van der Waals surface area (Å²) in [5.74, 6) is -0.00622. The van der Waals surface area contributed by atoms with Gasteiger partial charge in [-0.05, 0) is 24.6 Å². The first kappa shape index (κ1) is 17.8. The lowest BCUT2D eigenvalue weighted by molar-refractivity contribution is -0.120. The van der Waals surface area contributed by atoms with Crippen LogP contribution in [0.2, 0.25) is 5.02 Å². The molecule has 2 aromatic heterocycles. The Bertz CT molecular complexity index is 1100. The number of amides is 1. The van der Waals surface area contributed by atoms with E-state index in [1.807, 2.05) is 71.4 Å². The highest BCUT2D eigenvalue weighted by molar-refractivity contribution is 7.15. The molecule has 0 saturated carbocycles. The number of nitrogens with zero attached hydrogens (tertiary/aromatic N) is 2. The van der Waals surface area contributed by atoms with Crippen LogP contribution in [0.1, 0.15) is 16.8 Å². The summed E-state index contributed by atoms with van der Waals surface area (Å²) < 4.78 is 1.98. The van der Waals surface area contributed by atoms with Gasteiger partial charge in [-0.2, -0.15) is 0 Å². The fourth-order valence-electron chi connectivity index (χ4n) is 2.88. The fourth-order valence-corrected chi connectivity index (χ4v) is 3.94. The Balaban J connectivity index is 1.47. The lowest BCUT2D eigenvalue weighted by Crippen LogP contribution is -2.24. The highest BCUT2D eigenvalue weighted by Crippen LogP contribution is 2.25. The summed E-state index contributed by atoms with van der Waals surface area (Å²) >= 11 is 7.61. The molecule has 2 heterocycles. The maximum atomic E-state index is 12.4. The number of aromatic nitrogens is 2. The second-order valence-corrected chi connectivity index (χ2v) is 7.73. The molecule has 6 heteroatoms. The molecule has 0 aliphatic carbocycles. The van der Waals surface area contributed by atoms with Crippen LogP contribution in [0.3, 0.4) is 0 Å². The molecule has 4 aromatic rings. The van der Waals surface area contributed by atoms with Crippen LogP contribution in [0.4, 0.5) is 0 Å². The number of nitrogens with one attached hydrogen (secondary N) is 1. The molecule has 4 nitrogen and oxygen atoms in total. The van der Waals surface area contributed by atoms with Crippen LogP contribution in [0.5, 0.6) is 0 Å². The molecule has 0 spiro atoms. The first-order valence-corrected chi connectivity index (χ1v) is 9.88. The smallest absolute Gasteiger partial charge is 0.226 e. The molecular weight excluding hydrogens is 378 g/mol. The standard InChI is InChI=1S/C21H18ClN3OS/c1-14-5-7-15(8-6-14)11-23-20(26)10-18-13-27-21-24-19(12-25(18)21)16-3-2-4-17(22)9-16/h2-9,12-13H,10-11H2,1H3,(H,23,26). The SMILES string of the molecule is Cc1ccc(CNC(=O)Cc2csc3nc(-c4cccc(Cl)c4)cn23)cc1. The van der Waals surface area contributed by atoms with Gasteiger partial charge in [-0.15, -0.1) is 11.3 Å². The molecular formula is C21H18ClN3OS. The minimum Gasteiger partial charge on any atom is -0.352 e. The molecule has 0 fully saturated rings. The first-order chi connectivity index (χ1) is 13.1. The molecule has 0 aliphatic rings. The van der Waals surface area contributed by atoms with E-state index in [1.54, 1.807) is 0 Å². The minimum absolute atomic E-state index is 0.00622. The molecule has 136 valence electrons. The number of rotatable bonds is 5. The zero-order valence-corrected chi connectivity index (χ0v) is 16.3. The molecule has 0 radical (unpaired) electrons. The first-order valence-electron chi connectivity index (χ1n) is 8.62. The zero-order chi connectivity index (χ0) is 18.8. The van der Waals surface area contributed by atoms with Gasteiger partial charge in [0.05, 0.1) is 12.1 Å². The lowest BCUT2D eigenvalue weighted by Gasteiger charge is -2.05. The Labute approximate surface area is 166 Å². The number of fused-ring (bicyclic) bond motifs is 1. The monoisotopic (exact) mass is 395 g/mol. The van der Waals surface area contributed by atoms with Crippen LogP contribution in [0.15, 0.2) is 60.1 Å². The average molecular weight is 396 g/mol. The van der Waals surface area contributed by atoms with Crippen molar-refractivity contribution in [2.75, 3.05) is 0 Å². The van der Waals surface area contributed by atoms with Gasteiger partial charge >= 0.3 is 0 Å². The molecule has 1 N–H and O–H groups in total. The van der Waals surface area contributed by atoms with Gasteiger partial charge < -0.3 is 5.32 Å². The quantitative estimate of drug-likeness (QED) is 0.523. The second kappa shape index (κ2) is 7.55. The molecule has 4 rings (SSSR count). The van der Waals surface area contributed by atoms with E-state index in [0.717, 1.165) is 27.5 Å². The highest BCUT2D eigenvalue weighted by Gasteiger charge is 2.12. The largest absolute Gasteiger partial charge is 0.352 e. The molecule has 0 atom stereocenters. The fraction of sp³-hybridized carbons (Fsp3) is 0.143. The normalized spacial score (nSPS) is 11.0. The maximum absolute atomic E-state index is 12.4. The minimum atomic E-state index is -0.00622. The van der Waals surface area contributed by atoms with Crippen molar-refractivity contribution in [2.24, 2.45) is 0 Å². The molecule has 0 aliphatic heterocycles. The van der Waals surface area contributed by atoms with E-state index in [1.165, 1.54) is 16.9 Å². The number of thiazole rings is 1. The van der Waals surface area contributed by atoms with Gasteiger partial charge in [-0.3, -0.25) is 9.20 Å². The van der Waals surface area contributed by atoms with Gasteiger partial charge in [-0.25, -0.2) is 4.98 Å². The van der Waals surface area contributed by atoms with Crippen molar-refractivity contribution in [1.82, 2.24) is 14.7 Å². The van der Waals surface area contributed by atoms with Crippen molar-refractivity contribution < 1.29 is 4.79 Å². The van der Waals surface area contributed by atoms with Gasteiger partial charge in [-0.1, -0.05) is 53.6 Å². The Morgan fingerprint density at radius 1 is 1.22 bits per heavy atom. The third-order valence-corrected chi connectivity index (χ3v) is 5.48. The van der Waals surface area contributed by atoms with Crippen molar-refractivity contribution in [1.29, 1.82) is 0 Å².